The standard InChI is InChI=1S/C12H13NS/c13-11-4-1-3-10(9-11)6-7-12-5-2-8-14-12/h1-5,8-9H,6-7,13H2. The van der Waals surface area contributed by atoms with Gasteiger partial charge in [-0.05, 0) is 42.0 Å². The van der Waals surface area contributed by atoms with E-state index in [9.17, 15) is 0 Å². The van der Waals surface area contributed by atoms with Gasteiger partial charge in [0.05, 0.1) is 0 Å². The predicted octanol–water partition coefficient (Wildman–Crippen LogP) is 3.12. The van der Waals surface area contributed by atoms with Crippen LogP contribution in [0.25, 0.3) is 0 Å². The molecule has 1 heterocycles. The lowest BCUT2D eigenvalue weighted by molar-refractivity contribution is 0.982. The Hall–Kier alpha value is -1.28. The molecule has 2 N–H and O–H groups in total. The first-order chi connectivity index (χ1) is 6.84. The van der Waals surface area contributed by atoms with E-state index in [1.807, 2.05) is 29.5 Å². The van der Waals surface area contributed by atoms with Crippen molar-refractivity contribution in [1.82, 2.24) is 0 Å². The summed E-state index contributed by atoms with van der Waals surface area (Å²) in [5, 5.41) is 2.12. The number of anilines is 1. The Morgan fingerprint density at radius 3 is 2.71 bits per heavy atom. The van der Waals surface area contributed by atoms with Gasteiger partial charge in [-0.15, -0.1) is 11.3 Å². The molecule has 1 aromatic carbocycles. The first kappa shape index (κ1) is 9.28. The molecule has 2 aromatic rings. The normalized spacial score (nSPS) is 10.3. The second kappa shape index (κ2) is 4.29. The monoisotopic (exact) mass is 203 g/mol. The Bertz CT molecular complexity index is 392. The third-order valence-electron chi connectivity index (χ3n) is 2.19. The average Bonchev–Trinajstić information content (AvgIpc) is 2.67. The van der Waals surface area contributed by atoms with Crippen molar-refractivity contribution in [1.29, 1.82) is 0 Å². The topological polar surface area (TPSA) is 26.0 Å². The quantitative estimate of drug-likeness (QED) is 0.762. The number of hydrogen-bond acceptors (Lipinski definition) is 2. The smallest absolute Gasteiger partial charge is 0.0316 e. The molecule has 14 heavy (non-hydrogen) atoms. The molecular weight excluding hydrogens is 190 g/mol. The molecule has 1 aromatic heterocycles. The summed E-state index contributed by atoms with van der Waals surface area (Å²) < 4.78 is 0. The summed E-state index contributed by atoms with van der Waals surface area (Å²) in [6, 6.07) is 12.4. The van der Waals surface area contributed by atoms with E-state index in [2.05, 4.69) is 23.6 Å². The van der Waals surface area contributed by atoms with Crippen molar-refractivity contribution in [3.05, 3.63) is 52.2 Å². The first-order valence-corrected chi connectivity index (χ1v) is 5.59. The molecule has 1 nitrogen and oxygen atoms in total. The maximum Gasteiger partial charge on any atom is 0.0316 e. The summed E-state index contributed by atoms with van der Waals surface area (Å²) in [6.07, 6.45) is 2.19. The van der Waals surface area contributed by atoms with E-state index < -0.39 is 0 Å². The van der Waals surface area contributed by atoms with Crippen LogP contribution in [0.15, 0.2) is 41.8 Å². The molecule has 0 saturated carbocycles. The maximum atomic E-state index is 5.71. The minimum absolute atomic E-state index is 0.855. The molecular formula is C12H13NS. The molecule has 2 rings (SSSR count). The van der Waals surface area contributed by atoms with Gasteiger partial charge in [-0.3, -0.25) is 0 Å². The van der Waals surface area contributed by atoms with Crippen LogP contribution in [-0.2, 0) is 12.8 Å². The third-order valence-corrected chi connectivity index (χ3v) is 3.13. The highest BCUT2D eigenvalue weighted by Crippen LogP contribution is 2.14. The van der Waals surface area contributed by atoms with Crippen LogP contribution in [-0.4, -0.2) is 0 Å². The minimum atomic E-state index is 0.855. The second-order valence-electron chi connectivity index (χ2n) is 3.32. The molecule has 0 fully saturated rings. The van der Waals surface area contributed by atoms with Crippen LogP contribution >= 0.6 is 11.3 Å². The van der Waals surface area contributed by atoms with Gasteiger partial charge in [0, 0.05) is 10.6 Å². The number of rotatable bonds is 3. The number of benzene rings is 1. The van der Waals surface area contributed by atoms with E-state index in [4.69, 9.17) is 5.73 Å². The van der Waals surface area contributed by atoms with Crippen LogP contribution in [0.5, 0.6) is 0 Å². The molecule has 0 bridgehead atoms. The van der Waals surface area contributed by atoms with E-state index in [0.717, 1.165) is 18.5 Å². The molecule has 0 aliphatic carbocycles. The summed E-state index contributed by atoms with van der Waals surface area (Å²) in [5.74, 6) is 0. The molecule has 0 amide bonds. The van der Waals surface area contributed by atoms with Crippen molar-refractivity contribution in [2.45, 2.75) is 12.8 Å². The fourth-order valence-corrected chi connectivity index (χ4v) is 2.18. The van der Waals surface area contributed by atoms with Gasteiger partial charge in [0.1, 0.15) is 0 Å². The molecule has 0 spiro atoms. The number of hydrogen-bond donors (Lipinski definition) is 1. The van der Waals surface area contributed by atoms with Gasteiger partial charge in [-0.25, -0.2) is 0 Å². The summed E-state index contributed by atoms with van der Waals surface area (Å²) in [6.45, 7) is 0. The molecule has 0 aliphatic heterocycles. The van der Waals surface area contributed by atoms with Crippen molar-refractivity contribution in [2.24, 2.45) is 0 Å². The van der Waals surface area contributed by atoms with Crippen LogP contribution in [0.4, 0.5) is 5.69 Å². The molecule has 2 heteroatoms. The van der Waals surface area contributed by atoms with Crippen molar-refractivity contribution in [3.63, 3.8) is 0 Å². The van der Waals surface area contributed by atoms with Crippen LogP contribution in [0.3, 0.4) is 0 Å². The third kappa shape index (κ3) is 2.36. The zero-order valence-electron chi connectivity index (χ0n) is 7.94. The highest BCUT2D eigenvalue weighted by Gasteiger charge is 1.96. The summed E-state index contributed by atoms with van der Waals surface area (Å²) in [7, 11) is 0. The van der Waals surface area contributed by atoms with E-state index in [1.165, 1.54) is 10.4 Å². The Labute approximate surface area is 88.2 Å². The largest absolute Gasteiger partial charge is 0.399 e. The molecule has 0 saturated heterocycles. The van der Waals surface area contributed by atoms with E-state index in [1.54, 1.807) is 0 Å². The van der Waals surface area contributed by atoms with Gasteiger partial charge in [-0.2, -0.15) is 0 Å². The van der Waals surface area contributed by atoms with Gasteiger partial charge in [0.25, 0.3) is 0 Å². The van der Waals surface area contributed by atoms with Gasteiger partial charge >= 0.3 is 0 Å². The molecule has 72 valence electrons. The number of thiophene rings is 1. The number of aryl methyl sites for hydroxylation is 2. The van der Waals surface area contributed by atoms with Crippen molar-refractivity contribution in [3.8, 4) is 0 Å². The SMILES string of the molecule is Nc1cccc(CCc2cccs2)c1. The number of nitrogens with two attached hydrogens (primary N) is 1. The van der Waals surface area contributed by atoms with Crippen molar-refractivity contribution >= 4 is 17.0 Å². The Morgan fingerprint density at radius 1 is 1.07 bits per heavy atom. The molecule has 0 atom stereocenters. The Morgan fingerprint density at radius 2 is 2.00 bits per heavy atom. The van der Waals surface area contributed by atoms with Gasteiger partial charge < -0.3 is 5.73 Å². The predicted molar refractivity (Wildman–Crippen MR) is 62.6 cm³/mol. The zero-order valence-corrected chi connectivity index (χ0v) is 8.76. The van der Waals surface area contributed by atoms with E-state index in [0.29, 0.717) is 0 Å². The lowest BCUT2D eigenvalue weighted by atomic mass is 10.1. The molecule has 0 radical (unpaired) electrons. The lowest BCUT2D eigenvalue weighted by Crippen LogP contribution is -1.91. The van der Waals surface area contributed by atoms with E-state index in [-0.39, 0.29) is 0 Å². The summed E-state index contributed by atoms with van der Waals surface area (Å²) >= 11 is 1.82. The van der Waals surface area contributed by atoms with Crippen molar-refractivity contribution in [2.75, 3.05) is 5.73 Å². The van der Waals surface area contributed by atoms with Crippen molar-refractivity contribution < 1.29 is 0 Å². The summed E-state index contributed by atoms with van der Waals surface area (Å²) in [5.41, 5.74) is 7.88. The summed E-state index contributed by atoms with van der Waals surface area (Å²) in [4.78, 5) is 1.44. The van der Waals surface area contributed by atoms with Gasteiger partial charge in [0.15, 0.2) is 0 Å². The fourth-order valence-electron chi connectivity index (χ4n) is 1.47. The van der Waals surface area contributed by atoms with Crippen LogP contribution < -0.4 is 5.73 Å². The molecule has 0 unspecified atom stereocenters. The van der Waals surface area contributed by atoms with E-state index >= 15 is 0 Å². The maximum absolute atomic E-state index is 5.71. The van der Waals surface area contributed by atoms with Gasteiger partial charge in [0.2, 0.25) is 0 Å². The van der Waals surface area contributed by atoms with Crippen LogP contribution in [0.2, 0.25) is 0 Å². The minimum Gasteiger partial charge on any atom is -0.399 e. The van der Waals surface area contributed by atoms with Gasteiger partial charge in [-0.1, -0.05) is 18.2 Å². The lowest BCUT2D eigenvalue weighted by Gasteiger charge is -2.00. The first-order valence-electron chi connectivity index (χ1n) is 4.71. The fraction of sp³-hybridized carbons (Fsp3) is 0.167. The highest BCUT2D eigenvalue weighted by molar-refractivity contribution is 7.09. The average molecular weight is 203 g/mol. The Balaban J connectivity index is 1.98. The molecule has 0 aliphatic rings. The van der Waals surface area contributed by atoms with Crippen LogP contribution in [0, 0.1) is 0 Å². The number of nitrogen functional groups attached to an aromatic ring is 1. The second-order valence-corrected chi connectivity index (χ2v) is 4.36. The Kier molecular flexibility index (Phi) is 2.84. The van der Waals surface area contributed by atoms with Crippen LogP contribution in [0.1, 0.15) is 10.4 Å². The zero-order chi connectivity index (χ0) is 9.80. The highest BCUT2D eigenvalue weighted by atomic mass is 32.1.